The van der Waals surface area contributed by atoms with E-state index in [0.717, 1.165) is 18.9 Å². The Bertz CT molecular complexity index is 427. The van der Waals surface area contributed by atoms with Crippen molar-refractivity contribution in [1.29, 1.82) is 0 Å². The Morgan fingerprint density at radius 3 is 2.55 bits per heavy atom. The second-order valence-electron chi connectivity index (χ2n) is 6.02. The molecular formula is C17H23O3. The highest BCUT2D eigenvalue weighted by atomic mass is 17.2. The molecule has 0 heterocycles. The van der Waals surface area contributed by atoms with E-state index in [1.807, 2.05) is 18.2 Å². The van der Waals surface area contributed by atoms with Gasteiger partial charge in [0.1, 0.15) is 0 Å². The van der Waals surface area contributed by atoms with Gasteiger partial charge in [-0.15, -0.1) is 0 Å². The van der Waals surface area contributed by atoms with Crippen LogP contribution in [0, 0.1) is 23.9 Å². The summed E-state index contributed by atoms with van der Waals surface area (Å²) in [6.45, 7) is 6.57. The fourth-order valence-corrected chi connectivity index (χ4v) is 2.74. The largest absolute Gasteiger partial charge is 0.373 e. The minimum atomic E-state index is -0.432. The molecule has 2 unspecified atom stereocenters. The molecule has 0 saturated heterocycles. The van der Waals surface area contributed by atoms with Crippen LogP contribution < -0.4 is 0 Å². The van der Waals surface area contributed by atoms with E-state index >= 15 is 0 Å². The summed E-state index contributed by atoms with van der Waals surface area (Å²) in [4.78, 5) is 22.3. The summed E-state index contributed by atoms with van der Waals surface area (Å²) in [5, 5.41) is 0. The first-order valence-electron chi connectivity index (χ1n) is 7.37. The Hall–Kier alpha value is -1.35. The predicted molar refractivity (Wildman–Crippen MR) is 77.5 cm³/mol. The zero-order valence-electron chi connectivity index (χ0n) is 12.5. The Kier molecular flexibility index (Phi) is 5.18. The molecule has 3 nitrogen and oxygen atoms in total. The molecule has 0 N–H and O–H groups in total. The molecule has 2 atom stereocenters. The lowest BCUT2D eigenvalue weighted by Gasteiger charge is -2.34. The van der Waals surface area contributed by atoms with Crippen molar-refractivity contribution in [3.63, 3.8) is 0 Å². The van der Waals surface area contributed by atoms with E-state index in [1.165, 1.54) is 6.42 Å². The van der Waals surface area contributed by atoms with Crippen molar-refractivity contribution in [2.24, 2.45) is 17.8 Å². The molecule has 1 saturated carbocycles. The van der Waals surface area contributed by atoms with E-state index in [-0.39, 0.29) is 0 Å². The number of hydrogen-bond donors (Lipinski definition) is 0. The van der Waals surface area contributed by atoms with Gasteiger partial charge in [-0.1, -0.05) is 45.4 Å². The van der Waals surface area contributed by atoms with Crippen LogP contribution >= 0.6 is 0 Å². The molecule has 1 aromatic carbocycles. The molecule has 0 aliphatic heterocycles. The summed E-state index contributed by atoms with van der Waals surface area (Å²) in [6, 6.07) is 8.93. The van der Waals surface area contributed by atoms with E-state index in [4.69, 9.17) is 9.78 Å². The van der Waals surface area contributed by atoms with Crippen LogP contribution in [0.5, 0.6) is 0 Å². The third kappa shape index (κ3) is 3.83. The summed E-state index contributed by atoms with van der Waals surface area (Å²) >= 11 is 0. The number of carbonyl (C=O) groups is 1. The molecule has 0 aromatic heterocycles. The second-order valence-corrected chi connectivity index (χ2v) is 6.02. The second kappa shape index (κ2) is 6.89. The van der Waals surface area contributed by atoms with Gasteiger partial charge in [0.05, 0.1) is 5.56 Å². The van der Waals surface area contributed by atoms with Gasteiger partial charge in [-0.25, -0.2) is 4.79 Å². The van der Waals surface area contributed by atoms with Crippen LogP contribution in [0.2, 0.25) is 0 Å². The van der Waals surface area contributed by atoms with Crippen molar-refractivity contribution in [3.05, 3.63) is 42.0 Å². The number of rotatable bonds is 4. The smallest absolute Gasteiger partial charge is 0.292 e. The van der Waals surface area contributed by atoms with Gasteiger partial charge in [0, 0.05) is 0 Å². The highest BCUT2D eigenvalue weighted by Gasteiger charge is 2.34. The standard InChI is InChI=1S/C17H23O3/c1-12(2)15-10-9-13(3)11-16(15)19-20-17(18)14-7-5-4-6-8-14/h4-8,12-13,15H,9-11H2,1-3H3. The molecular weight excluding hydrogens is 252 g/mol. The Labute approximate surface area is 121 Å². The third-order valence-electron chi connectivity index (χ3n) is 3.97. The van der Waals surface area contributed by atoms with Crippen LogP contribution in [0.15, 0.2) is 30.3 Å². The maximum absolute atomic E-state index is 11.9. The monoisotopic (exact) mass is 275 g/mol. The zero-order chi connectivity index (χ0) is 14.5. The van der Waals surface area contributed by atoms with Crippen LogP contribution in [0.3, 0.4) is 0 Å². The van der Waals surface area contributed by atoms with E-state index < -0.39 is 5.97 Å². The normalized spacial score (nSPS) is 23.8. The van der Waals surface area contributed by atoms with Crippen LogP contribution in [0.25, 0.3) is 0 Å². The molecule has 1 aromatic rings. The fraction of sp³-hybridized carbons (Fsp3) is 0.529. The number of benzene rings is 1. The molecule has 1 radical (unpaired) electrons. The van der Waals surface area contributed by atoms with Crippen molar-refractivity contribution < 1.29 is 14.6 Å². The first kappa shape index (κ1) is 15.0. The molecule has 0 amide bonds. The SMILES string of the molecule is CC1CCC(C(C)C)[C](OOC(=O)c2ccccc2)C1. The predicted octanol–water partition coefficient (Wildman–Crippen LogP) is 4.40. The van der Waals surface area contributed by atoms with Crippen LogP contribution in [-0.4, -0.2) is 5.97 Å². The van der Waals surface area contributed by atoms with Crippen molar-refractivity contribution in [3.8, 4) is 0 Å². The number of carbonyl (C=O) groups excluding carboxylic acids is 1. The maximum atomic E-state index is 11.9. The van der Waals surface area contributed by atoms with E-state index in [2.05, 4.69) is 20.8 Å². The van der Waals surface area contributed by atoms with Gasteiger partial charge < -0.3 is 0 Å². The van der Waals surface area contributed by atoms with E-state index in [9.17, 15) is 4.79 Å². The lowest BCUT2D eigenvalue weighted by Crippen LogP contribution is -2.28. The van der Waals surface area contributed by atoms with Gasteiger partial charge in [-0.3, -0.25) is 4.89 Å². The van der Waals surface area contributed by atoms with Crippen molar-refractivity contribution in [1.82, 2.24) is 0 Å². The topological polar surface area (TPSA) is 35.5 Å². The van der Waals surface area contributed by atoms with Gasteiger partial charge in [0.2, 0.25) is 0 Å². The Morgan fingerprint density at radius 1 is 1.20 bits per heavy atom. The lowest BCUT2D eigenvalue weighted by atomic mass is 9.75. The summed E-state index contributed by atoms with van der Waals surface area (Å²) in [6.07, 6.45) is 4.12. The molecule has 109 valence electrons. The summed E-state index contributed by atoms with van der Waals surface area (Å²) in [5.41, 5.74) is 0.512. The maximum Gasteiger partial charge on any atom is 0.373 e. The molecule has 2 rings (SSSR count). The Morgan fingerprint density at radius 2 is 1.90 bits per heavy atom. The lowest BCUT2D eigenvalue weighted by molar-refractivity contribution is -0.251. The Balaban J connectivity index is 1.92. The quantitative estimate of drug-likeness (QED) is 0.603. The zero-order valence-corrected chi connectivity index (χ0v) is 12.5. The van der Waals surface area contributed by atoms with Crippen LogP contribution in [0.4, 0.5) is 0 Å². The molecule has 0 spiro atoms. The first-order valence-corrected chi connectivity index (χ1v) is 7.37. The highest BCUT2D eigenvalue weighted by molar-refractivity contribution is 5.88. The average molecular weight is 275 g/mol. The van der Waals surface area contributed by atoms with Gasteiger partial charge in [0.15, 0.2) is 6.10 Å². The summed E-state index contributed by atoms with van der Waals surface area (Å²) < 4.78 is 0. The molecule has 0 bridgehead atoms. The third-order valence-corrected chi connectivity index (χ3v) is 3.97. The van der Waals surface area contributed by atoms with Gasteiger partial charge in [-0.2, -0.15) is 4.89 Å². The summed E-state index contributed by atoms with van der Waals surface area (Å²) in [7, 11) is 0. The molecule has 1 fully saturated rings. The van der Waals surface area contributed by atoms with Gasteiger partial charge >= 0.3 is 5.97 Å². The minimum absolute atomic E-state index is 0.384. The fourth-order valence-electron chi connectivity index (χ4n) is 2.74. The molecule has 1 aliphatic carbocycles. The van der Waals surface area contributed by atoms with Crippen molar-refractivity contribution >= 4 is 5.97 Å². The van der Waals surface area contributed by atoms with Crippen LogP contribution in [0.1, 0.15) is 50.4 Å². The number of hydrogen-bond acceptors (Lipinski definition) is 3. The minimum Gasteiger partial charge on any atom is -0.292 e. The first-order chi connectivity index (χ1) is 9.58. The van der Waals surface area contributed by atoms with Gasteiger partial charge in [-0.05, 0) is 42.7 Å². The van der Waals surface area contributed by atoms with E-state index in [0.29, 0.717) is 23.3 Å². The molecule has 1 aliphatic rings. The molecule has 20 heavy (non-hydrogen) atoms. The van der Waals surface area contributed by atoms with Crippen LogP contribution in [-0.2, 0) is 9.78 Å². The van der Waals surface area contributed by atoms with Gasteiger partial charge in [0.25, 0.3) is 0 Å². The van der Waals surface area contributed by atoms with Crippen molar-refractivity contribution in [2.75, 3.05) is 0 Å². The van der Waals surface area contributed by atoms with E-state index in [1.54, 1.807) is 12.1 Å². The summed E-state index contributed by atoms with van der Waals surface area (Å²) in [5.74, 6) is 1.05. The average Bonchev–Trinajstić information content (AvgIpc) is 2.45. The molecule has 3 heteroatoms. The highest BCUT2D eigenvalue weighted by Crippen LogP contribution is 2.40. The van der Waals surface area contributed by atoms with Crippen molar-refractivity contribution in [2.45, 2.75) is 40.0 Å².